The van der Waals surface area contributed by atoms with Crippen molar-refractivity contribution in [2.45, 2.75) is 40.7 Å². The normalized spacial score (nSPS) is 10.3. The molecular weight excluding hydrogens is 258 g/mol. The molecule has 5 heteroatoms. The molecule has 1 aromatic carbocycles. The maximum atomic E-state index is 11.6. The summed E-state index contributed by atoms with van der Waals surface area (Å²) in [4.78, 5) is 11.6. The summed E-state index contributed by atoms with van der Waals surface area (Å²) in [6.45, 7) is 10.4. The van der Waals surface area contributed by atoms with Crippen molar-refractivity contribution < 1.29 is 19.0 Å². The van der Waals surface area contributed by atoms with Crippen LogP contribution in [0.4, 0.5) is 10.5 Å². The molecule has 112 valence electrons. The molecular formula is C15H23NO4. The Morgan fingerprint density at radius 1 is 1.20 bits per heavy atom. The lowest BCUT2D eigenvalue weighted by Gasteiger charge is -2.17. The minimum absolute atomic E-state index is 0.163. The highest BCUT2D eigenvalue weighted by Crippen LogP contribution is 2.36. The van der Waals surface area contributed by atoms with Crippen molar-refractivity contribution >= 4 is 11.8 Å². The highest BCUT2D eigenvalue weighted by atomic mass is 16.6. The quantitative estimate of drug-likeness (QED) is 0.862. The standard InChI is InChI=1S/C15H23NO4/c1-6-18-13-9-8-12(11(5)14(13)19-7-2)16-15(17)20-10(3)4/h8-10H,6-7H2,1-5H3,(H,16,17). The van der Waals surface area contributed by atoms with Gasteiger partial charge >= 0.3 is 6.09 Å². The van der Waals surface area contributed by atoms with Crippen LogP contribution in [0.15, 0.2) is 12.1 Å². The molecule has 1 N–H and O–H groups in total. The van der Waals surface area contributed by atoms with E-state index in [2.05, 4.69) is 5.32 Å². The van der Waals surface area contributed by atoms with E-state index in [0.717, 1.165) is 5.56 Å². The number of ether oxygens (including phenoxy) is 3. The molecule has 0 radical (unpaired) electrons. The maximum absolute atomic E-state index is 11.6. The SMILES string of the molecule is CCOc1ccc(NC(=O)OC(C)C)c(C)c1OCC. The third-order valence-electron chi connectivity index (χ3n) is 2.54. The molecule has 5 nitrogen and oxygen atoms in total. The molecule has 0 fully saturated rings. The van der Waals surface area contributed by atoms with Crippen molar-refractivity contribution in [2.75, 3.05) is 18.5 Å². The molecule has 0 bridgehead atoms. The van der Waals surface area contributed by atoms with Crippen LogP contribution in [0.2, 0.25) is 0 Å². The summed E-state index contributed by atoms with van der Waals surface area (Å²) in [5.41, 5.74) is 1.47. The van der Waals surface area contributed by atoms with Crippen molar-refractivity contribution in [3.8, 4) is 11.5 Å². The number of carbonyl (C=O) groups is 1. The molecule has 0 spiro atoms. The van der Waals surface area contributed by atoms with Crippen LogP contribution in [0.1, 0.15) is 33.3 Å². The molecule has 20 heavy (non-hydrogen) atoms. The van der Waals surface area contributed by atoms with Gasteiger partial charge in [-0.15, -0.1) is 0 Å². The second kappa shape index (κ2) is 7.62. The highest BCUT2D eigenvalue weighted by Gasteiger charge is 2.15. The minimum atomic E-state index is -0.477. The molecule has 0 aliphatic carbocycles. The van der Waals surface area contributed by atoms with Crippen molar-refractivity contribution in [1.29, 1.82) is 0 Å². The molecule has 0 aliphatic rings. The van der Waals surface area contributed by atoms with Gasteiger partial charge in [-0.05, 0) is 46.8 Å². The second-order valence-corrected chi connectivity index (χ2v) is 4.51. The first kappa shape index (κ1) is 16.1. The molecule has 0 aromatic heterocycles. The number of rotatable bonds is 6. The molecule has 0 atom stereocenters. The van der Waals surface area contributed by atoms with Gasteiger partial charge in [-0.2, -0.15) is 0 Å². The topological polar surface area (TPSA) is 56.8 Å². The Hall–Kier alpha value is -1.91. The molecule has 0 saturated heterocycles. The monoisotopic (exact) mass is 281 g/mol. The number of benzene rings is 1. The van der Waals surface area contributed by atoms with Gasteiger partial charge in [-0.1, -0.05) is 0 Å². The fraction of sp³-hybridized carbons (Fsp3) is 0.533. The van der Waals surface area contributed by atoms with Gasteiger partial charge in [-0.3, -0.25) is 5.32 Å². The zero-order valence-electron chi connectivity index (χ0n) is 12.8. The molecule has 1 rings (SSSR count). The predicted octanol–water partition coefficient (Wildman–Crippen LogP) is 3.75. The number of hydrogen-bond acceptors (Lipinski definition) is 4. The summed E-state index contributed by atoms with van der Waals surface area (Å²) in [6.07, 6.45) is -0.640. The summed E-state index contributed by atoms with van der Waals surface area (Å²) < 4.78 is 16.2. The van der Waals surface area contributed by atoms with E-state index in [1.54, 1.807) is 26.0 Å². The van der Waals surface area contributed by atoms with Gasteiger partial charge in [0.15, 0.2) is 11.5 Å². The average Bonchev–Trinajstić information content (AvgIpc) is 2.36. The zero-order chi connectivity index (χ0) is 15.1. The number of carbonyl (C=O) groups excluding carboxylic acids is 1. The van der Waals surface area contributed by atoms with E-state index in [0.29, 0.717) is 30.4 Å². The van der Waals surface area contributed by atoms with Gasteiger partial charge in [-0.25, -0.2) is 4.79 Å². The van der Waals surface area contributed by atoms with Crippen molar-refractivity contribution in [3.05, 3.63) is 17.7 Å². The summed E-state index contributed by atoms with van der Waals surface area (Å²) >= 11 is 0. The summed E-state index contributed by atoms with van der Waals surface area (Å²) in [5, 5.41) is 2.71. The third kappa shape index (κ3) is 4.33. The smallest absolute Gasteiger partial charge is 0.411 e. The lowest BCUT2D eigenvalue weighted by atomic mass is 10.1. The van der Waals surface area contributed by atoms with Crippen molar-refractivity contribution in [2.24, 2.45) is 0 Å². The van der Waals surface area contributed by atoms with Crippen LogP contribution in [0.25, 0.3) is 0 Å². The van der Waals surface area contributed by atoms with Crippen molar-refractivity contribution in [1.82, 2.24) is 0 Å². The average molecular weight is 281 g/mol. The van der Waals surface area contributed by atoms with Gasteiger partial charge in [0.2, 0.25) is 0 Å². The number of amides is 1. The van der Waals surface area contributed by atoms with Crippen LogP contribution in [0.5, 0.6) is 11.5 Å². The fourth-order valence-electron chi connectivity index (χ4n) is 1.75. The Morgan fingerprint density at radius 3 is 2.40 bits per heavy atom. The number of anilines is 1. The van der Waals surface area contributed by atoms with Crippen LogP contribution in [-0.2, 0) is 4.74 Å². The molecule has 0 saturated carbocycles. The Balaban J connectivity index is 2.98. The van der Waals surface area contributed by atoms with E-state index < -0.39 is 6.09 Å². The molecule has 0 aliphatic heterocycles. The van der Waals surface area contributed by atoms with E-state index in [9.17, 15) is 4.79 Å². The van der Waals surface area contributed by atoms with Crippen LogP contribution in [0, 0.1) is 6.92 Å². The lowest BCUT2D eigenvalue weighted by Crippen LogP contribution is -2.18. The van der Waals surface area contributed by atoms with Crippen LogP contribution in [0.3, 0.4) is 0 Å². The van der Waals surface area contributed by atoms with Gasteiger partial charge in [0, 0.05) is 5.56 Å². The highest BCUT2D eigenvalue weighted by molar-refractivity contribution is 5.86. The molecule has 0 heterocycles. The first-order valence-electron chi connectivity index (χ1n) is 6.86. The van der Waals surface area contributed by atoms with Gasteiger partial charge in [0.1, 0.15) is 0 Å². The van der Waals surface area contributed by atoms with Crippen LogP contribution < -0.4 is 14.8 Å². The van der Waals surface area contributed by atoms with E-state index in [-0.39, 0.29) is 6.10 Å². The van der Waals surface area contributed by atoms with E-state index in [1.807, 2.05) is 20.8 Å². The van der Waals surface area contributed by atoms with Crippen LogP contribution in [-0.4, -0.2) is 25.4 Å². The van der Waals surface area contributed by atoms with E-state index >= 15 is 0 Å². The zero-order valence-corrected chi connectivity index (χ0v) is 12.8. The Kier molecular flexibility index (Phi) is 6.15. The summed E-state index contributed by atoms with van der Waals surface area (Å²) in [5.74, 6) is 1.33. The first-order valence-corrected chi connectivity index (χ1v) is 6.86. The predicted molar refractivity (Wildman–Crippen MR) is 78.8 cm³/mol. The summed E-state index contributed by atoms with van der Waals surface area (Å²) in [7, 11) is 0. The number of hydrogen-bond donors (Lipinski definition) is 1. The molecule has 1 aromatic rings. The van der Waals surface area contributed by atoms with Crippen LogP contribution >= 0.6 is 0 Å². The van der Waals surface area contributed by atoms with Gasteiger partial charge < -0.3 is 14.2 Å². The Bertz CT molecular complexity index is 457. The summed E-state index contributed by atoms with van der Waals surface area (Å²) in [6, 6.07) is 3.57. The van der Waals surface area contributed by atoms with Gasteiger partial charge in [0.05, 0.1) is 25.0 Å². The number of nitrogens with one attached hydrogen (secondary N) is 1. The van der Waals surface area contributed by atoms with Crippen molar-refractivity contribution in [3.63, 3.8) is 0 Å². The first-order chi connectivity index (χ1) is 9.49. The molecule has 1 amide bonds. The molecule has 0 unspecified atom stereocenters. The third-order valence-corrected chi connectivity index (χ3v) is 2.54. The Labute approximate surface area is 120 Å². The Morgan fingerprint density at radius 2 is 1.85 bits per heavy atom. The lowest BCUT2D eigenvalue weighted by molar-refractivity contribution is 0.130. The second-order valence-electron chi connectivity index (χ2n) is 4.51. The van der Waals surface area contributed by atoms with E-state index in [4.69, 9.17) is 14.2 Å². The van der Waals surface area contributed by atoms with Gasteiger partial charge in [0.25, 0.3) is 0 Å². The van der Waals surface area contributed by atoms with E-state index in [1.165, 1.54) is 0 Å². The minimum Gasteiger partial charge on any atom is -0.490 e. The largest absolute Gasteiger partial charge is 0.490 e. The fourth-order valence-corrected chi connectivity index (χ4v) is 1.75. The maximum Gasteiger partial charge on any atom is 0.411 e.